The first-order valence-electron chi connectivity index (χ1n) is 6.32. The molecule has 0 N–H and O–H groups in total. The molecule has 0 spiro atoms. The zero-order chi connectivity index (χ0) is 11.2. The smallest absolute Gasteiger partial charge is 0.158 e. The molecule has 0 amide bonds. The summed E-state index contributed by atoms with van der Waals surface area (Å²) >= 11 is 1.17. The molecule has 0 heterocycles. The molecule has 92 valence electrons. The van der Waals surface area contributed by atoms with Crippen LogP contribution < -0.4 is 0 Å². The molecular formula is C12H26O2S. The minimum atomic E-state index is 0.819. The van der Waals surface area contributed by atoms with Gasteiger partial charge >= 0.3 is 0 Å². The lowest BCUT2D eigenvalue weighted by molar-refractivity contribution is 0.275. The van der Waals surface area contributed by atoms with Crippen LogP contribution in [-0.2, 0) is 8.37 Å². The van der Waals surface area contributed by atoms with Gasteiger partial charge in [-0.05, 0) is 12.8 Å². The van der Waals surface area contributed by atoms with E-state index in [-0.39, 0.29) is 0 Å². The Morgan fingerprint density at radius 3 is 1.53 bits per heavy atom. The highest BCUT2D eigenvalue weighted by atomic mass is 32.2. The lowest BCUT2D eigenvalue weighted by Crippen LogP contribution is -1.91. The Morgan fingerprint density at radius 1 is 0.667 bits per heavy atom. The molecule has 0 rings (SSSR count). The van der Waals surface area contributed by atoms with Crippen molar-refractivity contribution < 1.29 is 8.37 Å². The van der Waals surface area contributed by atoms with Crippen LogP contribution in [0.2, 0.25) is 0 Å². The van der Waals surface area contributed by atoms with E-state index in [2.05, 4.69) is 13.8 Å². The molecule has 0 fully saturated rings. The fraction of sp³-hybridized carbons (Fsp3) is 1.00. The highest BCUT2D eigenvalue weighted by Gasteiger charge is 1.92. The van der Waals surface area contributed by atoms with E-state index in [0.717, 1.165) is 26.1 Å². The fourth-order valence-electron chi connectivity index (χ4n) is 1.28. The average Bonchev–Trinajstić information content (AvgIpc) is 2.26. The van der Waals surface area contributed by atoms with Gasteiger partial charge in [-0.1, -0.05) is 52.4 Å². The molecular weight excluding hydrogens is 208 g/mol. The van der Waals surface area contributed by atoms with E-state index in [9.17, 15) is 0 Å². The van der Waals surface area contributed by atoms with Gasteiger partial charge in [0.05, 0.1) is 13.2 Å². The lowest BCUT2D eigenvalue weighted by Gasteiger charge is -2.02. The second-order valence-corrected chi connectivity index (χ2v) is 4.44. The molecule has 0 aliphatic carbocycles. The maximum atomic E-state index is 5.28. The van der Waals surface area contributed by atoms with E-state index in [0.29, 0.717) is 0 Å². The predicted molar refractivity (Wildman–Crippen MR) is 67.8 cm³/mol. The lowest BCUT2D eigenvalue weighted by atomic mass is 10.2. The summed E-state index contributed by atoms with van der Waals surface area (Å²) in [5.74, 6) is 0. The first-order valence-corrected chi connectivity index (χ1v) is 6.99. The fourth-order valence-corrected chi connectivity index (χ4v) is 1.72. The molecule has 0 saturated carbocycles. The minimum Gasteiger partial charge on any atom is -0.291 e. The summed E-state index contributed by atoms with van der Waals surface area (Å²) in [6.45, 7) is 6.07. The Bertz CT molecular complexity index is 97.8. The van der Waals surface area contributed by atoms with E-state index in [4.69, 9.17) is 8.37 Å². The molecule has 0 aliphatic rings. The van der Waals surface area contributed by atoms with E-state index < -0.39 is 0 Å². The molecule has 0 bridgehead atoms. The van der Waals surface area contributed by atoms with Crippen molar-refractivity contribution in [2.45, 2.75) is 65.2 Å². The maximum absolute atomic E-state index is 5.28. The molecule has 0 saturated heterocycles. The van der Waals surface area contributed by atoms with Gasteiger partial charge in [0.2, 0.25) is 0 Å². The number of unbranched alkanes of at least 4 members (excludes halogenated alkanes) is 6. The third-order valence-electron chi connectivity index (χ3n) is 2.26. The van der Waals surface area contributed by atoms with Gasteiger partial charge in [0.15, 0.2) is 12.3 Å². The van der Waals surface area contributed by atoms with Crippen LogP contribution in [-0.4, -0.2) is 13.2 Å². The maximum Gasteiger partial charge on any atom is 0.158 e. The first-order chi connectivity index (χ1) is 7.41. The van der Waals surface area contributed by atoms with Crippen molar-refractivity contribution in [2.75, 3.05) is 13.2 Å². The third kappa shape index (κ3) is 14.3. The molecule has 15 heavy (non-hydrogen) atoms. The van der Waals surface area contributed by atoms with Gasteiger partial charge in [-0.25, -0.2) is 0 Å². The van der Waals surface area contributed by atoms with Gasteiger partial charge in [-0.2, -0.15) is 0 Å². The molecule has 3 heteroatoms. The Hall–Kier alpha value is 0.270. The summed E-state index contributed by atoms with van der Waals surface area (Å²) in [7, 11) is 0. The topological polar surface area (TPSA) is 18.5 Å². The van der Waals surface area contributed by atoms with Crippen LogP contribution in [0, 0.1) is 0 Å². The van der Waals surface area contributed by atoms with E-state index in [1.165, 1.54) is 50.8 Å². The quantitative estimate of drug-likeness (QED) is 0.359. The highest BCUT2D eigenvalue weighted by molar-refractivity contribution is 7.89. The molecule has 0 aromatic carbocycles. The summed E-state index contributed by atoms with van der Waals surface area (Å²) in [5.41, 5.74) is 0. The van der Waals surface area contributed by atoms with Crippen LogP contribution in [0.1, 0.15) is 65.2 Å². The van der Waals surface area contributed by atoms with E-state index >= 15 is 0 Å². The summed E-state index contributed by atoms with van der Waals surface area (Å²) in [6, 6.07) is 0. The molecule has 2 nitrogen and oxygen atoms in total. The summed E-state index contributed by atoms with van der Waals surface area (Å²) in [5, 5.41) is 0. The van der Waals surface area contributed by atoms with Crippen LogP contribution in [0.4, 0.5) is 0 Å². The van der Waals surface area contributed by atoms with Crippen LogP contribution in [0.25, 0.3) is 0 Å². The predicted octanol–water partition coefficient (Wildman–Crippen LogP) is 4.74. The normalized spacial score (nSPS) is 10.8. The second kappa shape index (κ2) is 14.3. The van der Waals surface area contributed by atoms with Crippen LogP contribution in [0.5, 0.6) is 0 Å². The Balaban J connectivity index is 2.81. The van der Waals surface area contributed by atoms with Gasteiger partial charge in [-0.3, -0.25) is 8.37 Å². The van der Waals surface area contributed by atoms with Gasteiger partial charge in [0, 0.05) is 0 Å². The summed E-state index contributed by atoms with van der Waals surface area (Å²) in [4.78, 5) is 0. The number of hydrogen-bond acceptors (Lipinski definition) is 3. The Labute approximate surface area is 99.5 Å². The average molecular weight is 234 g/mol. The van der Waals surface area contributed by atoms with Crippen molar-refractivity contribution in [2.24, 2.45) is 0 Å². The Kier molecular flexibility index (Phi) is 14.5. The molecule has 0 aromatic rings. The van der Waals surface area contributed by atoms with Crippen molar-refractivity contribution >= 4 is 12.3 Å². The largest absolute Gasteiger partial charge is 0.291 e. The zero-order valence-electron chi connectivity index (χ0n) is 10.3. The van der Waals surface area contributed by atoms with E-state index in [1.807, 2.05) is 0 Å². The van der Waals surface area contributed by atoms with Gasteiger partial charge in [0.1, 0.15) is 0 Å². The SMILES string of the molecule is CCCCCCOSOCCCCCC. The molecule has 0 atom stereocenters. The van der Waals surface area contributed by atoms with Crippen molar-refractivity contribution in [3.05, 3.63) is 0 Å². The van der Waals surface area contributed by atoms with Gasteiger partial charge in [0.25, 0.3) is 0 Å². The standard InChI is InChI=1S/C12H26O2S/c1-3-5-7-9-11-13-15-14-12-10-8-6-4-2/h3-12H2,1-2H3. The van der Waals surface area contributed by atoms with Crippen LogP contribution in [0.15, 0.2) is 0 Å². The minimum absolute atomic E-state index is 0.819. The van der Waals surface area contributed by atoms with Crippen molar-refractivity contribution in [1.82, 2.24) is 0 Å². The van der Waals surface area contributed by atoms with Gasteiger partial charge < -0.3 is 0 Å². The third-order valence-corrected chi connectivity index (χ3v) is 2.78. The van der Waals surface area contributed by atoms with Crippen LogP contribution >= 0.6 is 12.3 Å². The molecule has 0 radical (unpaired) electrons. The molecule has 0 unspecified atom stereocenters. The number of rotatable bonds is 12. The monoisotopic (exact) mass is 234 g/mol. The zero-order valence-corrected chi connectivity index (χ0v) is 11.1. The first kappa shape index (κ1) is 15.3. The molecule has 0 aliphatic heterocycles. The van der Waals surface area contributed by atoms with E-state index in [1.54, 1.807) is 0 Å². The molecule has 0 aromatic heterocycles. The van der Waals surface area contributed by atoms with Crippen molar-refractivity contribution in [3.63, 3.8) is 0 Å². The highest BCUT2D eigenvalue weighted by Crippen LogP contribution is 2.09. The second-order valence-electron chi connectivity index (χ2n) is 3.83. The van der Waals surface area contributed by atoms with Gasteiger partial charge in [-0.15, -0.1) is 0 Å². The van der Waals surface area contributed by atoms with Crippen molar-refractivity contribution in [1.29, 1.82) is 0 Å². The Morgan fingerprint density at radius 2 is 1.13 bits per heavy atom. The summed E-state index contributed by atoms with van der Waals surface area (Å²) < 4.78 is 10.6. The van der Waals surface area contributed by atoms with Crippen LogP contribution in [0.3, 0.4) is 0 Å². The number of hydrogen-bond donors (Lipinski definition) is 0. The summed E-state index contributed by atoms with van der Waals surface area (Å²) in [6.07, 6.45) is 10.0. The van der Waals surface area contributed by atoms with Crippen molar-refractivity contribution in [3.8, 4) is 0 Å².